The molecule has 2 aromatic rings. The number of urea groups is 1. The molecule has 0 atom stereocenters. The summed E-state index contributed by atoms with van der Waals surface area (Å²) in [5.41, 5.74) is 3.70. The highest BCUT2D eigenvalue weighted by atomic mass is 35.5. The van der Waals surface area contributed by atoms with E-state index in [1.807, 2.05) is 40.1 Å². The first-order chi connectivity index (χ1) is 14.3. The lowest BCUT2D eigenvalue weighted by atomic mass is 9.84. The highest BCUT2D eigenvalue weighted by Gasteiger charge is 2.42. The minimum Gasteiger partial charge on any atom is -0.365 e. The second-order valence-electron chi connectivity index (χ2n) is 8.39. The van der Waals surface area contributed by atoms with Gasteiger partial charge in [-0.25, -0.2) is 4.79 Å². The van der Waals surface area contributed by atoms with Crippen molar-refractivity contribution in [3.05, 3.63) is 65.7 Å². The van der Waals surface area contributed by atoms with Gasteiger partial charge in [-0.2, -0.15) is 0 Å². The molecule has 0 N–H and O–H groups in total. The van der Waals surface area contributed by atoms with E-state index in [0.29, 0.717) is 0 Å². The Kier molecular flexibility index (Phi) is 6.32. The third kappa shape index (κ3) is 3.94. The van der Waals surface area contributed by atoms with Gasteiger partial charge in [-0.3, -0.25) is 4.90 Å². The van der Waals surface area contributed by atoms with Crippen LogP contribution in [0.5, 0.6) is 0 Å². The number of nitrogens with zero attached hydrogens (tertiary/aromatic N) is 3. The Morgan fingerprint density at radius 3 is 2.40 bits per heavy atom. The largest absolute Gasteiger partial charge is 0.365 e. The van der Waals surface area contributed by atoms with Crippen LogP contribution in [-0.2, 0) is 16.9 Å². The van der Waals surface area contributed by atoms with Crippen molar-refractivity contribution < 1.29 is 9.53 Å². The minimum absolute atomic E-state index is 0. The number of likely N-dealkylation sites (tertiary alicyclic amines) is 1. The van der Waals surface area contributed by atoms with Gasteiger partial charge in [-0.05, 0) is 49.1 Å². The highest BCUT2D eigenvalue weighted by molar-refractivity contribution is 5.94. The minimum atomic E-state index is -0.0613. The van der Waals surface area contributed by atoms with Crippen molar-refractivity contribution in [2.75, 3.05) is 44.2 Å². The van der Waals surface area contributed by atoms with Gasteiger partial charge < -0.3 is 14.5 Å². The number of fused-ring (bicyclic) bond motifs is 2. The van der Waals surface area contributed by atoms with Crippen molar-refractivity contribution in [2.24, 2.45) is 0 Å². The maximum Gasteiger partial charge on any atom is 0.324 e. The zero-order chi connectivity index (χ0) is 19.7. The summed E-state index contributed by atoms with van der Waals surface area (Å²) in [6.07, 6.45) is 3.15. The number of rotatable bonds is 5. The average Bonchev–Trinajstić information content (AvgIpc) is 3.32. The zero-order valence-electron chi connectivity index (χ0n) is 17.3. The number of para-hydroxylation sites is 1. The lowest BCUT2D eigenvalue weighted by molar-refractivity contribution is -0.0788. The van der Waals surface area contributed by atoms with Crippen LogP contribution in [0.4, 0.5) is 10.5 Å². The Balaban J connectivity index is 0.00000218. The van der Waals surface area contributed by atoms with Gasteiger partial charge in [0.1, 0.15) is 0 Å². The smallest absolute Gasteiger partial charge is 0.324 e. The molecular formula is C24H30ClN3O2. The molecule has 0 unspecified atom stereocenters. The van der Waals surface area contributed by atoms with Crippen LogP contribution < -0.4 is 4.90 Å². The second kappa shape index (κ2) is 8.96. The summed E-state index contributed by atoms with van der Waals surface area (Å²) in [6, 6.07) is 18.8. The highest BCUT2D eigenvalue weighted by Crippen LogP contribution is 2.43. The number of anilines is 1. The van der Waals surface area contributed by atoms with E-state index < -0.39 is 0 Å². The molecule has 2 amide bonds. The Morgan fingerprint density at radius 2 is 1.60 bits per heavy atom. The molecule has 3 heterocycles. The van der Waals surface area contributed by atoms with E-state index in [1.54, 1.807) is 0 Å². The van der Waals surface area contributed by atoms with Gasteiger partial charge in [0, 0.05) is 38.4 Å². The van der Waals surface area contributed by atoms with Crippen molar-refractivity contribution in [1.29, 1.82) is 0 Å². The summed E-state index contributed by atoms with van der Waals surface area (Å²) in [5, 5.41) is 0. The van der Waals surface area contributed by atoms with Crippen molar-refractivity contribution in [2.45, 2.75) is 31.5 Å². The fourth-order valence-corrected chi connectivity index (χ4v) is 5.06. The topological polar surface area (TPSA) is 36.0 Å². The quantitative estimate of drug-likeness (QED) is 0.715. The van der Waals surface area contributed by atoms with Gasteiger partial charge in [0.2, 0.25) is 0 Å². The van der Waals surface area contributed by atoms with E-state index in [0.717, 1.165) is 70.8 Å². The summed E-state index contributed by atoms with van der Waals surface area (Å²) in [5.74, 6) is 0. The molecule has 1 spiro atoms. The first-order valence-electron chi connectivity index (χ1n) is 10.8. The van der Waals surface area contributed by atoms with Crippen LogP contribution in [0.2, 0.25) is 0 Å². The van der Waals surface area contributed by atoms with Crippen LogP contribution in [0.1, 0.15) is 30.4 Å². The van der Waals surface area contributed by atoms with Crippen LogP contribution in [0.25, 0.3) is 0 Å². The molecule has 2 fully saturated rings. The van der Waals surface area contributed by atoms with E-state index in [9.17, 15) is 4.79 Å². The third-order valence-electron chi connectivity index (χ3n) is 6.74. The molecule has 2 aromatic carbocycles. The Morgan fingerprint density at radius 1 is 0.867 bits per heavy atom. The van der Waals surface area contributed by atoms with Gasteiger partial charge in [-0.1, -0.05) is 42.5 Å². The molecule has 0 bridgehead atoms. The number of ether oxygens (including phenoxy) is 1. The van der Waals surface area contributed by atoms with Crippen molar-refractivity contribution in [3.63, 3.8) is 0 Å². The summed E-state index contributed by atoms with van der Waals surface area (Å²) in [4.78, 5) is 19.1. The van der Waals surface area contributed by atoms with Crippen LogP contribution in [0.15, 0.2) is 54.6 Å². The van der Waals surface area contributed by atoms with Crippen molar-refractivity contribution in [3.8, 4) is 0 Å². The molecule has 5 nitrogen and oxygen atoms in total. The molecular weight excluding hydrogens is 398 g/mol. The van der Waals surface area contributed by atoms with Crippen molar-refractivity contribution >= 4 is 24.1 Å². The zero-order valence-corrected chi connectivity index (χ0v) is 18.2. The van der Waals surface area contributed by atoms with Crippen LogP contribution in [-0.4, -0.2) is 55.1 Å². The maximum absolute atomic E-state index is 12.7. The molecule has 160 valence electrons. The van der Waals surface area contributed by atoms with Gasteiger partial charge in [0.15, 0.2) is 0 Å². The summed E-state index contributed by atoms with van der Waals surface area (Å²) in [7, 11) is 0. The standard InChI is InChI=1S/C24H29N3O2.ClH/c28-23-26(17-18-27(23)21-8-2-1-3-9-21)14-6-13-25-15-11-24(12-16-25)22-10-5-4-7-20(22)19-29-24;/h1-5,7-10H,6,11-19H2;1H. The molecule has 0 radical (unpaired) electrons. The number of carbonyl (C=O) groups excluding carboxylic acids is 1. The lowest BCUT2D eigenvalue weighted by Gasteiger charge is -2.39. The molecule has 3 aliphatic rings. The molecule has 0 aliphatic carbocycles. The first-order valence-corrected chi connectivity index (χ1v) is 10.8. The average molecular weight is 428 g/mol. The molecule has 2 saturated heterocycles. The molecule has 30 heavy (non-hydrogen) atoms. The van der Waals surface area contributed by atoms with Crippen LogP contribution in [0, 0.1) is 0 Å². The summed E-state index contributed by atoms with van der Waals surface area (Å²) >= 11 is 0. The third-order valence-corrected chi connectivity index (χ3v) is 6.74. The number of benzene rings is 2. The molecule has 6 heteroatoms. The molecule has 0 aromatic heterocycles. The SMILES string of the molecule is Cl.O=C1N(CCCN2CCC3(CC2)OCc2ccccc23)CCN1c1ccccc1. The van der Waals surface area contributed by atoms with E-state index >= 15 is 0 Å². The van der Waals surface area contributed by atoms with Gasteiger partial charge >= 0.3 is 6.03 Å². The Hall–Kier alpha value is -2.08. The van der Waals surface area contributed by atoms with Gasteiger partial charge in [-0.15, -0.1) is 12.4 Å². The van der Waals surface area contributed by atoms with E-state index in [-0.39, 0.29) is 24.0 Å². The molecule has 3 aliphatic heterocycles. The first kappa shape index (κ1) is 21.2. The summed E-state index contributed by atoms with van der Waals surface area (Å²) < 4.78 is 6.27. The second-order valence-corrected chi connectivity index (χ2v) is 8.39. The van der Waals surface area contributed by atoms with E-state index in [2.05, 4.69) is 29.2 Å². The Bertz CT molecular complexity index is 868. The van der Waals surface area contributed by atoms with Gasteiger partial charge in [0.25, 0.3) is 0 Å². The normalized spacial score (nSPS) is 20.5. The Labute approximate surface area is 185 Å². The molecule has 0 saturated carbocycles. The maximum atomic E-state index is 12.7. The van der Waals surface area contributed by atoms with Crippen molar-refractivity contribution in [1.82, 2.24) is 9.80 Å². The fraction of sp³-hybridized carbons (Fsp3) is 0.458. The summed E-state index contributed by atoms with van der Waals surface area (Å²) in [6.45, 7) is 6.38. The lowest BCUT2D eigenvalue weighted by Crippen LogP contribution is -2.43. The van der Waals surface area contributed by atoms with E-state index in [1.165, 1.54) is 11.1 Å². The number of halogens is 1. The van der Waals surface area contributed by atoms with Crippen LogP contribution in [0.3, 0.4) is 0 Å². The fourth-order valence-electron chi connectivity index (χ4n) is 5.06. The van der Waals surface area contributed by atoms with Gasteiger partial charge in [0.05, 0.1) is 12.2 Å². The number of carbonyl (C=O) groups is 1. The number of piperidine rings is 1. The number of hydrogen-bond donors (Lipinski definition) is 0. The predicted octanol–water partition coefficient (Wildman–Crippen LogP) is 4.26. The molecule has 5 rings (SSSR count). The number of amides is 2. The monoisotopic (exact) mass is 427 g/mol. The number of hydrogen-bond acceptors (Lipinski definition) is 3. The van der Waals surface area contributed by atoms with E-state index in [4.69, 9.17) is 4.74 Å². The van der Waals surface area contributed by atoms with Crippen LogP contribution >= 0.6 is 12.4 Å². The predicted molar refractivity (Wildman–Crippen MR) is 121 cm³/mol.